The van der Waals surface area contributed by atoms with Crippen LogP contribution in [-0.4, -0.2) is 42.6 Å². The summed E-state index contributed by atoms with van der Waals surface area (Å²) in [5, 5.41) is 9.72. The predicted molar refractivity (Wildman–Crippen MR) is 84.0 cm³/mol. The number of nitrogens with zero attached hydrogens (tertiary/aromatic N) is 1. The molecular weight excluding hydrogens is 361 g/mol. The van der Waals surface area contributed by atoms with E-state index in [0.29, 0.717) is 11.1 Å². The summed E-state index contributed by atoms with van der Waals surface area (Å²) in [6, 6.07) is 4.98. The van der Waals surface area contributed by atoms with Gasteiger partial charge in [0, 0.05) is 18.7 Å². The smallest absolute Gasteiger partial charge is 0.384 e. The molecule has 0 radical (unpaired) electrons. The lowest BCUT2D eigenvalue weighted by Crippen LogP contribution is -2.49. The third kappa shape index (κ3) is 4.10. The Hall–Kier alpha value is -2.14. The standard InChI is InChI=1S/C14H17F3N4O3S/c15-14(16,17)25(23,24)21-7-1-2-11(21)13(22)20-8-9-3-5-10(6-4-9)12(18)19/h3-6,11H,1-2,7-8H2,(H3,18,19)(H,20,22)/t11-/m0/s1. The van der Waals surface area contributed by atoms with Crippen molar-refractivity contribution in [1.82, 2.24) is 9.62 Å². The Morgan fingerprint density at radius 2 is 1.92 bits per heavy atom. The molecule has 0 unspecified atom stereocenters. The highest BCUT2D eigenvalue weighted by molar-refractivity contribution is 7.90. The topological polar surface area (TPSA) is 116 Å². The van der Waals surface area contributed by atoms with Gasteiger partial charge in [0.05, 0.1) is 0 Å². The van der Waals surface area contributed by atoms with Crippen LogP contribution in [0.3, 0.4) is 0 Å². The highest BCUT2D eigenvalue weighted by Crippen LogP contribution is 2.32. The maximum Gasteiger partial charge on any atom is 0.511 e. The van der Waals surface area contributed by atoms with E-state index in [1.54, 1.807) is 24.3 Å². The highest BCUT2D eigenvalue weighted by Gasteiger charge is 2.54. The number of amides is 1. The van der Waals surface area contributed by atoms with E-state index < -0.39 is 27.5 Å². The molecule has 4 N–H and O–H groups in total. The minimum absolute atomic E-state index is 0.0213. The number of nitrogens with one attached hydrogen (secondary N) is 2. The molecule has 1 amide bonds. The van der Waals surface area contributed by atoms with Gasteiger partial charge in [-0.1, -0.05) is 24.3 Å². The molecule has 1 saturated heterocycles. The Morgan fingerprint density at radius 1 is 1.32 bits per heavy atom. The summed E-state index contributed by atoms with van der Waals surface area (Å²) < 4.78 is 61.3. The van der Waals surface area contributed by atoms with Crippen LogP contribution in [0.1, 0.15) is 24.0 Å². The van der Waals surface area contributed by atoms with Gasteiger partial charge in [0.25, 0.3) is 0 Å². The van der Waals surface area contributed by atoms with E-state index in [4.69, 9.17) is 11.1 Å². The van der Waals surface area contributed by atoms with Crippen LogP contribution in [-0.2, 0) is 21.4 Å². The first-order chi connectivity index (χ1) is 11.5. The Labute approximate surface area is 142 Å². The number of nitrogen functional groups attached to an aromatic ring is 1. The van der Waals surface area contributed by atoms with Gasteiger partial charge < -0.3 is 11.1 Å². The molecule has 1 atom stereocenters. The third-order valence-electron chi connectivity index (χ3n) is 3.84. The summed E-state index contributed by atoms with van der Waals surface area (Å²) in [5.74, 6) is -0.893. The molecule has 1 heterocycles. The van der Waals surface area contributed by atoms with E-state index in [1.807, 2.05) is 0 Å². The van der Waals surface area contributed by atoms with Crippen molar-refractivity contribution in [3.63, 3.8) is 0 Å². The average molecular weight is 378 g/mol. The van der Waals surface area contributed by atoms with Crippen LogP contribution < -0.4 is 11.1 Å². The number of carbonyl (C=O) groups excluding carboxylic acids is 1. The molecule has 1 fully saturated rings. The molecule has 2 rings (SSSR count). The second kappa shape index (κ2) is 7.00. The number of hydrogen-bond acceptors (Lipinski definition) is 4. The number of benzene rings is 1. The number of carbonyl (C=O) groups is 1. The second-order valence-corrected chi connectivity index (χ2v) is 7.43. The summed E-state index contributed by atoms with van der Waals surface area (Å²) >= 11 is 0. The van der Waals surface area contributed by atoms with Crippen molar-refractivity contribution in [2.75, 3.05) is 6.54 Å². The van der Waals surface area contributed by atoms with Crippen molar-refractivity contribution in [3.05, 3.63) is 35.4 Å². The Balaban J connectivity index is 2.03. The Bertz CT molecular complexity index is 763. The third-order valence-corrected chi connectivity index (χ3v) is 5.48. The van der Waals surface area contributed by atoms with Gasteiger partial charge >= 0.3 is 15.5 Å². The fourth-order valence-electron chi connectivity index (χ4n) is 2.53. The number of amidine groups is 1. The highest BCUT2D eigenvalue weighted by atomic mass is 32.2. The number of sulfonamides is 1. The number of nitrogens with two attached hydrogens (primary N) is 1. The van der Waals surface area contributed by atoms with Crippen molar-refractivity contribution in [3.8, 4) is 0 Å². The maximum absolute atomic E-state index is 12.7. The first kappa shape index (κ1) is 19.2. The zero-order valence-corrected chi connectivity index (χ0v) is 13.8. The van der Waals surface area contributed by atoms with E-state index >= 15 is 0 Å². The molecule has 25 heavy (non-hydrogen) atoms. The normalized spacial score (nSPS) is 18.9. The van der Waals surface area contributed by atoms with Crippen LogP contribution in [0.15, 0.2) is 24.3 Å². The van der Waals surface area contributed by atoms with Gasteiger partial charge in [0.15, 0.2) is 0 Å². The molecule has 1 aliphatic heterocycles. The minimum atomic E-state index is -5.53. The van der Waals surface area contributed by atoms with Crippen LogP contribution in [0.4, 0.5) is 13.2 Å². The zero-order valence-electron chi connectivity index (χ0n) is 13.0. The number of hydrogen-bond donors (Lipinski definition) is 3. The van der Waals surface area contributed by atoms with Gasteiger partial charge in [-0.05, 0) is 18.4 Å². The first-order valence-corrected chi connectivity index (χ1v) is 8.77. The van der Waals surface area contributed by atoms with Gasteiger partial charge in [-0.3, -0.25) is 10.2 Å². The summed E-state index contributed by atoms with van der Waals surface area (Å²) in [7, 11) is -5.53. The maximum atomic E-state index is 12.7. The van der Waals surface area contributed by atoms with Crippen molar-refractivity contribution in [1.29, 1.82) is 5.41 Å². The van der Waals surface area contributed by atoms with Crippen LogP contribution in [0.2, 0.25) is 0 Å². The van der Waals surface area contributed by atoms with Crippen LogP contribution >= 0.6 is 0 Å². The molecule has 1 aromatic rings. The average Bonchev–Trinajstić information content (AvgIpc) is 3.02. The molecule has 0 spiro atoms. The number of rotatable bonds is 5. The quantitative estimate of drug-likeness (QED) is 0.521. The lowest BCUT2D eigenvalue weighted by molar-refractivity contribution is -0.124. The van der Waals surface area contributed by atoms with Gasteiger partial charge in [-0.15, -0.1) is 0 Å². The van der Waals surface area contributed by atoms with Crippen LogP contribution in [0, 0.1) is 5.41 Å². The van der Waals surface area contributed by atoms with Gasteiger partial charge in [0.1, 0.15) is 11.9 Å². The van der Waals surface area contributed by atoms with E-state index in [0.717, 1.165) is 0 Å². The summed E-state index contributed by atoms with van der Waals surface area (Å²) in [4.78, 5) is 12.1. The van der Waals surface area contributed by atoms with E-state index in [1.165, 1.54) is 0 Å². The molecule has 0 aliphatic carbocycles. The molecule has 0 bridgehead atoms. The van der Waals surface area contributed by atoms with Gasteiger partial charge in [-0.2, -0.15) is 17.5 Å². The van der Waals surface area contributed by atoms with Crippen molar-refractivity contribution >= 4 is 21.8 Å². The molecule has 0 saturated carbocycles. The lowest BCUT2D eigenvalue weighted by Gasteiger charge is -2.24. The largest absolute Gasteiger partial charge is 0.511 e. The Morgan fingerprint density at radius 3 is 2.44 bits per heavy atom. The lowest BCUT2D eigenvalue weighted by atomic mass is 10.1. The van der Waals surface area contributed by atoms with E-state index in [-0.39, 0.29) is 36.1 Å². The molecule has 7 nitrogen and oxygen atoms in total. The fourth-order valence-corrected chi connectivity index (χ4v) is 3.70. The number of alkyl halides is 3. The van der Waals surface area contributed by atoms with Crippen LogP contribution in [0.5, 0.6) is 0 Å². The molecule has 138 valence electrons. The molecule has 11 heteroatoms. The van der Waals surface area contributed by atoms with Crippen LogP contribution in [0.25, 0.3) is 0 Å². The molecular formula is C14H17F3N4O3S. The summed E-state index contributed by atoms with van der Waals surface area (Å²) in [6.45, 7) is -0.319. The summed E-state index contributed by atoms with van der Waals surface area (Å²) in [5.41, 5.74) is 1.02. The van der Waals surface area contributed by atoms with E-state index in [9.17, 15) is 26.4 Å². The SMILES string of the molecule is N=C(N)c1ccc(CNC(=O)[C@@H]2CCCN2S(=O)(=O)C(F)(F)F)cc1. The monoisotopic (exact) mass is 378 g/mol. The molecule has 1 aromatic carbocycles. The summed E-state index contributed by atoms with van der Waals surface area (Å²) in [6.07, 6.45) is 0.213. The van der Waals surface area contributed by atoms with Gasteiger partial charge in [0.2, 0.25) is 5.91 Å². The fraction of sp³-hybridized carbons (Fsp3) is 0.429. The minimum Gasteiger partial charge on any atom is -0.384 e. The molecule has 0 aromatic heterocycles. The van der Waals surface area contributed by atoms with Gasteiger partial charge in [-0.25, -0.2) is 8.42 Å². The van der Waals surface area contributed by atoms with E-state index in [2.05, 4.69) is 5.32 Å². The van der Waals surface area contributed by atoms with Crippen molar-refractivity contribution in [2.24, 2.45) is 5.73 Å². The predicted octanol–water partition coefficient (Wildman–Crippen LogP) is 0.901. The van der Waals surface area contributed by atoms with Crippen molar-refractivity contribution < 1.29 is 26.4 Å². The first-order valence-electron chi connectivity index (χ1n) is 7.33. The second-order valence-electron chi connectivity index (χ2n) is 5.55. The molecule has 1 aliphatic rings. The zero-order chi connectivity index (χ0) is 18.8. The van der Waals surface area contributed by atoms with Crippen molar-refractivity contribution in [2.45, 2.75) is 30.9 Å². The Kier molecular flexibility index (Phi) is 5.37. The number of halogens is 3.